The summed E-state index contributed by atoms with van der Waals surface area (Å²) >= 11 is 0. The zero-order valence-electron chi connectivity index (χ0n) is 46.6. The molecule has 3 aromatic carbocycles. The molecule has 0 saturated carbocycles. The van der Waals surface area contributed by atoms with E-state index in [0.717, 1.165) is 74.8 Å². The predicted molar refractivity (Wildman–Crippen MR) is 296 cm³/mol. The van der Waals surface area contributed by atoms with Crippen LogP contribution in [0.1, 0.15) is 132 Å². The van der Waals surface area contributed by atoms with Crippen LogP contribution in [0.2, 0.25) is 0 Å². The molecule has 12 atom stereocenters. The Kier molecular flexibility index (Phi) is 23.3. The molecule has 4 N–H and O–H groups in total. The molecule has 412 valence electrons. The molecule has 13 nitrogen and oxygen atoms in total. The summed E-state index contributed by atoms with van der Waals surface area (Å²) in [5.41, 5.74) is -3.06. The van der Waals surface area contributed by atoms with Crippen LogP contribution in [-0.2, 0) is 19.0 Å². The molecule has 2 saturated heterocycles. The van der Waals surface area contributed by atoms with Gasteiger partial charge in [0.05, 0.1) is 23.7 Å². The first kappa shape index (κ1) is 60.5. The summed E-state index contributed by atoms with van der Waals surface area (Å²) in [7, 11) is 6.49. The third-order valence-corrected chi connectivity index (χ3v) is 21.4. The fourth-order valence-electron chi connectivity index (χ4n) is 11.8. The van der Waals surface area contributed by atoms with E-state index in [4.69, 9.17) is 28.4 Å². The van der Waals surface area contributed by atoms with Gasteiger partial charge >= 0.3 is 236 Å². The van der Waals surface area contributed by atoms with Crippen LogP contribution in [0.3, 0.4) is 0 Å². The van der Waals surface area contributed by atoms with E-state index in [0.29, 0.717) is 45.2 Å². The minimum Gasteiger partial charge on any atom is -0.388 e. The van der Waals surface area contributed by atoms with Crippen molar-refractivity contribution in [2.24, 2.45) is 11.8 Å². The normalized spacial score (nSPS) is 30.5. The second kappa shape index (κ2) is 28.1. The van der Waals surface area contributed by atoms with Crippen LogP contribution in [0.4, 0.5) is 0 Å². The van der Waals surface area contributed by atoms with E-state index in [-0.39, 0.29) is 18.1 Å². The van der Waals surface area contributed by atoms with E-state index in [1.807, 2.05) is 46.7 Å². The van der Waals surface area contributed by atoms with Crippen molar-refractivity contribution < 1.29 is 53.6 Å². The van der Waals surface area contributed by atoms with Crippen molar-refractivity contribution >= 4 is 29.1 Å². The topological polar surface area (TPSA) is 160 Å². The molecule has 5 rings (SSSR count). The van der Waals surface area contributed by atoms with E-state index in [2.05, 4.69) is 77.7 Å². The van der Waals surface area contributed by atoms with Crippen LogP contribution < -0.4 is 30.1 Å². The Morgan fingerprint density at radius 1 is 0.726 bits per heavy atom. The van der Waals surface area contributed by atoms with Crippen LogP contribution >= 0.6 is 7.26 Å². The summed E-state index contributed by atoms with van der Waals surface area (Å²) in [6.07, 6.45) is 6.99. The number of ether oxygens (including phenoxy) is 6. The van der Waals surface area contributed by atoms with Crippen molar-refractivity contribution in [3.8, 4) is 17.2 Å². The standard InChI is InChI=1S/C59H95N2O11P/c1-13-52-59(7,66)54(63)44(5)61(37-22-35-58(6,65)55(41(2)39-42(3)56(64)71-52)72-57-53(62)51(60(8)9)40-43(4)70-57)36-20-18-16-14-15-17-19-21-38-73(48-29-23-45(67-10)24-30-48,49-31-25-46(68-11)26-32-49)50-33-27-47(69-12)28-34-50/h23-34,41-44,51-55,57,62-63,65-66,73H,13-22,35-40H2,1-12H3/t41-,42+,43+,44+,51-,52+,53+,54+,55+,57-,58+,59+/m0/s1. The number of cyclic esters (lactones) is 1. The zero-order chi connectivity index (χ0) is 53.5. The first-order chi connectivity index (χ1) is 34.7. The molecule has 0 aliphatic carbocycles. The van der Waals surface area contributed by atoms with Gasteiger partial charge in [-0.1, -0.05) is 20.8 Å². The molecule has 0 spiro atoms. The van der Waals surface area contributed by atoms with Crippen molar-refractivity contribution in [2.45, 2.75) is 192 Å². The smallest absolute Gasteiger partial charge is 0.388 e. The molecule has 2 aliphatic heterocycles. The van der Waals surface area contributed by atoms with Gasteiger partial charge in [0, 0.05) is 6.04 Å². The number of methoxy groups -OCH3 is 3. The Morgan fingerprint density at radius 2 is 1.21 bits per heavy atom. The summed E-state index contributed by atoms with van der Waals surface area (Å²) in [4.78, 5) is 17.9. The van der Waals surface area contributed by atoms with Gasteiger partial charge in [0.1, 0.15) is 23.9 Å². The summed E-state index contributed by atoms with van der Waals surface area (Å²) in [5.74, 6) is 1.12. The Bertz CT molecular complexity index is 1950. The molecular weight excluding hydrogens is 944 g/mol. The van der Waals surface area contributed by atoms with Crippen molar-refractivity contribution in [2.75, 3.05) is 54.7 Å². The van der Waals surface area contributed by atoms with Crippen molar-refractivity contribution in [1.29, 1.82) is 0 Å². The second-order valence-corrected chi connectivity index (χ2v) is 26.2. The van der Waals surface area contributed by atoms with Crippen LogP contribution in [0.15, 0.2) is 72.8 Å². The first-order valence-electron chi connectivity index (χ1n) is 27.4. The van der Waals surface area contributed by atoms with Crippen molar-refractivity contribution in [3.63, 3.8) is 0 Å². The number of esters is 1. The molecule has 0 aromatic heterocycles. The molecule has 0 unspecified atom stereocenters. The molecule has 2 aliphatic rings. The average molecular weight is 1040 g/mol. The van der Waals surface area contributed by atoms with Gasteiger partial charge in [0.15, 0.2) is 6.29 Å². The minimum absolute atomic E-state index is 0.168. The third-order valence-electron chi connectivity index (χ3n) is 16.4. The van der Waals surface area contributed by atoms with Gasteiger partial charge in [0.2, 0.25) is 0 Å². The molecule has 0 amide bonds. The van der Waals surface area contributed by atoms with E-state index < -0.39 is 67.1 Å². The molecule has 14 heteroatoms. The van der Waals surface area contributed by atoms with Gasteiger partial charge in [-0.2, -0.15) is 0 Å². The molecular formula is C59H95N2O11P. The number of aliphatic hydroxyl groups excluding tert-OH is 2. The SMILES string of the molecule is CC[C@H]1OC(=O)[C@H](C)C[C@H](C)[C@@H](O[C@@H]2O[C@H](C)C[C@H](N(C)C)[C@H]2O)[C@](C)(O)CCCN(CCCCCCCCCC[PH](c2ccc(OC)cc2)(c2ccc(OC)cc2)c2ccc(OC)cc2)[C@H](C)[C@@H](O)[C@]1(C)O. The number of benzene rings is 3. The number of unbranched alkanes of at least 4 members (excludes halogenated alkanes) is 7. The van der Waals surface area contributed by atoms with E-state index in [1.165, 1.54) is 15.9 Å². The van der Waals surface area contributed by atoms with Gasteiger partial charge in [-0.25, -0.2) is 0 Å². The average Bonchev–Trinajstić information content (AvgIpc) is 3.38. The van der Waals surface area contributed by atoms with Gasteiger partial charge in [-0.3, -0.25) is 4.79 Å². The molecule has 3 aromatic rings. The number of carbonyl (C=O) groups excluding carboxylic acids is 1. The number of rotatable bonds is 21. The van der Waals surface area contributed by atoms with E-state index in [9.17, 15) is 25.2 Å². The number of likely N-dealkylation sites (N-methyl/N-ethyl adjacent to an activating group) is 1. The summed E-state index contributed by atoms with van der Waals surface area (Å²) in [6, 6.07) is 25.3. The number of aliphatic hydroxyl groups is 4. The zero-order valence-corrected chi connectivity index (χ0v) is 47.6. The third kappa shape index (κ3) is 15.6. The van der Waals surface area contributed by atoms with Crippen LogP contribution in [0.5, 0.6) is 17.2 Å². The molecule has 73 heavy (non-hydrogen) atoms. The molecule has 2 fully saturated rings. The second-order valence-electron chi connectivity index (χ2n) is 22.2. The van der Waals surface area contributed by atoms with Gasteiger partial charge in [0.25, 0.3) is 0 Å². The van der Waals surface area contributed by atoms with Crippen molar-refractivity contribution in [3.05, 3.63) is 72.8 Å². The maximum atomic E-state index is 13.7. The van der Waals surface area contributed by atoms with Crippen LogP contribution in [0.25, 0.3) is 0 Å². The predicted octanol–water partition coefficient (Wildman–Crippen LogP) is 8.00. The Labute approximate surface area is 439 Å². The summed E-state index contributed by atoms with van der Waals surface area (Å²) < 4.78 is 35.6. The van der Waals surface area contributed by atoms with Gasteiger partial charge in [-0.15, -0.1) is 0 Å². The Morgan fingerprint density at radius 3 is 1.67 bits per heavy atom. The summed E-state index contributed by atoms with van der Waals surface area (Å²) in [5, 5.41) is 51.7. The van der Waals surface area contributed by atoms with E-state index in [1.54, 1.807) is 42.1 Å². The maximum absolute atomic E-state index is 13.7. The number of hydrogen-bond donors (Lipinski definition) is 4. The first-order valence-corrected chi connectivity index (χ1v) is 29.6. The van der Waals surface area contributed by atoms with Crippen LogP contribution in [0, 0.1) is 11.8 Å². The van der Waals surface area contributed by atoms with Crippen LogP contribution in [-0.4, -0.2) is 151 Å². The Hall–Kier alpha value is -3.36. The molecule has 0 radical (unpaired) electrons. The van der Waals surface area contributed by atoms with Gasteiger partial charge in [-0.05, 0) is 79.8 Å². The monoisotopic (exact) mass is 1040 g/mol. The van der Waals surface area contributed by atoms with E-state index >= 15 is 0 Å². The van der Waals surface area contributed by atoms with Crippen molar-refractivity contribution in [1.82, 2.24) is 9.80 Å². The number of nitrogens with zero attached hydrogens (tertiary/aromatic N) is 2. The fourth-order valence-corrected chi connectivity index (χ4v) is 16.7. The Balaban J connectivity index is 1.23. The molecule has 2 heterocycles. The molecule has 0 bridgehead atoms. The minimum atomic E-state index is -2.49. The van der Waals surface area contributed by atoms with Gasteiger partial charge < -0.3 is 39.5 Å². The number of hydrogen-bond acceptors (Lipinski definition) is 13. The fraction of sp³-hybridized carbons (Fsp3) is 0.678. The quantitative estimate of drug-likeness (QED) is 0.0463. The number of carbonyl (C=O) groups is 1. The summed E-state index contributed by atoms with van der Waals surface area (Å²) in [6.45, 7) is 14.1.